The lowest BCUT2D eigenvalue weighted by atomic mass is 10.1. The Balaban J connectivity index is 0.00000140. The van der Waals surface area contributed by atoms with Crippen LogP contribution in [0.5, 0.6) is 5.75 Å². The summed E-state index contributed by atoms with van der Waals surface area (Å²) in [7, 11) is 7.32. The number of pyridine rings is 1. The summed E-state index contributed by atoms with van der Waals surface area (Å²) in [6.45, 7) is 7.06. The molecule has 2 heterocycles. The first-order valence-electron chi connectivity index (χ1n) is 12.0. The average Bonchev–Trinajstić information content (AvgIpc) is 3.34. The van der Waals surface area contributed by atoms with Crippen LogP contribution >= 0.6 is 0 Å². The Morgan fingerprint density at radius 1 is 1.18 bits per heavy atom. The van der Waals surface area contributed by atoms with Crippen molar-refractivity contribution >= 4 is 22.3 Å². The molecule has 0 bridgehead atoms. The molecule has 0 aliphatic carbocycles. The zero-order chi connectivity index (χ0) is 24.7. The Kier molecular flexibility index (Phi) is 9.07. The van der Waals surface area contributed by atoms with Crippen LogP contribution in [0, 0.1) is 5.82 Å². The fraction of sp³-hybridized carbons (Fsp3) is 0.444. The predicted molar refractivity (Wildman–Crippen MR) is 142 cm³/mol. The van der Waals surface area contributed by atoms with Crippen molar-refractivity contribution in [1.29, 1.82) is 0 Å². The van der Waals surface area contributed by atoms with Gasteiger partial charge in [-0.3, -0.25) is 0 Å². The minimum atomic E-state index is -0.246. The monoisotopic (exact) mass is 470 g/mol. The Bertz CT molecular complexity index is 1080. The van der Waals surface area contributed by atoms with E-state index in [4.69, 9.17) is 14.5 Å². The van der Waals surface area contributed by atoms with Gasteiger partial charge in [0.2, 0.25) is 0 Å². The van der Waals surface area contributed by atoms with Crippen molar-refractivity contribution in [2.24, 2.45) is 0 Å². The largest absolute Gasteiger partial charge is 0.492 e. The first-order valence-corrected chi connectivity index (χ1v) is 12.0. The van der Waals surface area contributed by atoms with E-state index in [-0.39, 0.29) is 13.3 Å². The molecule has 1 aliphatic rings. The molecule has 4 rings (SSSR count). The number of hydrogen-bond donors (Lipinski definition) is 1. The average molecular weight is 471 g/mol. The first-order chi connectivity index (χ1) is 16.5. The van der Waals surface area contributed by atoms with Gasteiger partial charge in [0, 0.05) is 58.9 Å². The lowest BCUT2D eigenvalue weighted by molar-refractivity contribution is 0.121. The molecular weight excluding hydrogens is 431 g/mol. The zero-order valence-electron chi connectivity index (χ0n) is 21.2. The topological polar surface area (TPSA) is 49.9 Å². The van der Waals surface area contributed by atoms with Gasteiger partial charge in [0.15, 0.2) is 0 Å². The minimum absolute atomic E-state index is 0. The summed E-state index contributed by atoms with van der Waals surface area (Å²) in [6.07, 6.45) is 1.13. The van der Waals surface area contributed by atoms with Crippen molar-refractivity contribution in [3.63, 3.8) is 0 Å². The molecule has 2 aromatic carbocycles. The summed E-state index contributed by atoms with van der Waals surface area (Å²) in [5.41, 5.74) is 4.14. The summed E-state index contributed by atoms with van der Waals surface area (Å²) in [4.78, 5) is 8.95. The highest BCUT2D eigenvalue weighted by Gasteiger charge is 2.25. The number of nitrogens with zero attached hydrogens (tertiary/aromatic N) is 3. The number of rotatable bonds is 8. The third-order valence-corrected chi connectivity index (χ3v) is 5.93. The van der Waals surface area contributed by atoms with Crippen LogP contribution in [0.4, 0.5) is 15.8 Å². The van der Waals surface area contributed by atoms with Gasteiger partial charge in [-0.25, -0.2) is 9.37 Å². The molecular formula is C27H39FN4O2. The summed E-state index contributed by atoms with van der Waals surface area (Å²) in [6, 6.07) is 13.5. The number of nitrogens with one attached hydrogen (secondary N) is 1. The molecule has 1 aliphatic heterocycles. The molecule has 6 nitrogen and oxygen atoms in total. The van der Waals surface area contributed by atoms with Crippen molar-refractivity contribution in [3.05, 3.63) is 48.3 Å². The highest BCUT2D eigenvalue weighted by molar-refractivity contribution is 5.96. The van der Waals surface area contributed by atoms with E-state index in [2.05, 4.69) is 16.3 Å². The van der Waals surface area contributed by atoms with Crippen LogP contribution in [-0.4, -0.2) is 65.6 Å². The molecule has 1 aromatic heterocycles. The van der Waals surface area contributed by atoms with E-state index in [1.807, 2.05) is 65.3 Å². The van der Waals surface area contributed by atoms with Crippen LogP contribution in [0.25, 0.3) is 22.2 Å². The number of ether oxygens (including phenoxy) is 2. The van der Waals surface area contributed by atoms with Gasteiger partial charge in [-0.05, 0) is 55.9 Å². The lowest BCUT2D eigenvalue weighted by Crippen LogP contribution is -2.22. The number of fused-ring (bicyclic) bond motifs is 1. The molecule has 0 radical (unpaired) electrons. The number of halogens is 1. The van der Waals surface area contributed by atoms with Gasteiger partial charge < -0.3 is 24.6 Å². The molecule has 0 saturated carbocycles. The normalized spacial score (nSPS) is 15.3. The SMILES string of the molecule is CC.CNCCOc1ccc(-c2cc(N3CCC(OC)C3)c3cc(F)c(N(C)C)cc3n2)cc1.[HH]. The van der Waals surface area contributed by atoms with Crippen LogP contribution in [-0.2, 0) is 4.74 Å². The summed E-state index contributed by atoms with van der Waals surface area (Å²) in [5, 5.41) is 3.89. The van der Waals surface area contributed by atoms with Gasteiger partial charge in [-0.15, -0.1) is 0 Å². The standard InChI is InChI=1S/C25H31FN4O2.C2H6.H2/c1-27-10-12-32-18-7-5-17(6-8-18)22-14-24(30-11-9-19(16-30)31-4)20-13-21(26)25(29(2)3)15-23(20)28-22;1-2;/h5-8,13-15,19,27H,9-12,16H2,1-4H3;1-2H3;1H. The Morgan fingerprint density at radius 2 is 1.91 bits per heavy atom. The highest BCUT2D eigenvalue weighted by atomic mass is 19.1. The second kappa shape index (κ2) is 12.0. The van der Waals surface area contributed by atoms with Gasteiger partial charge in [0.05, 0.1) is 23.0 Å². The van der Waals surface area contributed by atoms with Crippen LogP contribution in [0.3, 0.4) is 0 Å². The molecule has 1 N–H and O–H groups in total. The van der Waals surface area contributed by atoms with Gasteiger partial charge in [0.25, 0.3) is 0 Å². The molecule has 1 atom stereocenters. The van der Waals surface area contributed by atoms with Gasteiger partial charge >= 0.3 is 0 Å². The molecule has 3 aromatic rings. The maximum Gasteiger partial charge on any atom is 0.147 e. The van der Waals surface area contributed by atoms with E-state index in [0.29, 0.717) is 12.3 Å². The number of hydrogen-bond acceptors (Lipinski definition) is 6. The van der Waals surface area contributed by atoms with Crippen LogP contribution in [0.1, 0.15) is 21.7 Å². The number of likely N-dealkylation sites (N-methyl/N-ethyl adjacent to an activating group) is 1. The van der Waals surface area contributed by atoms with Crippen LogP contribution in [0.15, 0.2) is 42.5 Å². The summed E-state index contributed by atoms with van der Waals surface area (Å²) < 4.78 is 26.1. The van der Waals surface area contributed by atoms with Gasteiger partial charge in [-0.2, -0.15) is 0 Å². The number of aromatic nitrogens is 1. The molecule has 0 spiro atoms. The number of benzene rings is 2. The van der Waals surface area contributed by atoms with Crippen LogP contribution in [0.2, 0.25) is 0 Å². The third-order valence-electron chi connectivity index (χ3n) is 5.93. The Hall–Kier alpha value is -2.90. The molecule has 7 heteroatoms. The van der Waals surface area contributed by atoms with E-state index in [9.17, 15) is 4.39 Å². The molecule has 0 amide bonds. The van der Waals surface area contributed by atoms with E-state index >= 15 is 0 Å². The second-order valence-corrected chi connectivity index (χ2v) is 8.31. The van der Waals surface area contributed by atoms with E-state index in [1.165, 1.54) is 0 Å². The van der Waals surface area contributed by atoms with Gasteiger partial charge in [-0.1, -0.05) is 13.8 Å². The minimum Gasteiger partial charge on any atom is -0.492 e. The quantitative estimate of drug-likeness (QED) is 0.457. The lowest BCUT2D eigenvalue weighted by Gasteiger charge is -2.23. The second-order valence-electron chi connectivity index (χ2n) is 8.31. The maximum atomic E-state index is 14.8. The fourth-order valence-corrected chi connectivity index (χ4v) is 4.10. The summed E-state index contributed by atoms with van der Waals surface area (Å²) >= 11 is 0. The molecule has 1 unspecified atom stereocenters. The van der Waals surface area contributed by atoms with Crippen molar-refractivity contribution in [1.82, 2.24) is 10.3 Å². The summed E-state index contributed by atoms with van der Waals surface area (Å²) in [5.74, 6) is 0.577. The van der Waals surface area contributed by atoms with Crippen molar-refractivity contribution in [2.45, 2.75) is 26.4 Å². The predicted octanol–water partition coefficient (Wildman–Crippen LogP) is 5.20. The first kappa shape index (κ1) is 25.7. The van der Waals surface area contributed by atoms with E-state index in [1.54, 1.807) is 18.1 Å². The highest BCUT2D eigenvalue weighted by Crippen LogP contribution is 2.36. The zero-order valence-corrected chi connectivity index (χ0v) is 21.2. The Labute approximate surface area is 204 Å². The van der Waals surface area contributed by atoms with Crippen molar-refractivity contribution in [3.8, 4) is 17.0 Å². The Morgan fingerprint density at radius 3 is 2.53 bits per heavy atom. The smallest absolute Gasteiger partial charge is 0.147 e. The van der Waals surface area contributed by atoms with Crippen LogP contribution < -0.4 is 19.9 Å². The van der Waals surface area contributed by atoms with E-state index < -0.39 is 0 Å². The van der Waals surface area contributed by atoms with Gasteiger partial charge in [0.1, 0.15) is 18.2 Å². The fourth-order valence-electron chi connectivity index (χ4n) is 4.10. The van der Waals surface area contributed by atoms with E-state index in [0.717, 1.165) is 59.7 Å². The molecule has 1 saturated heterocycles. The molecule has 1 fully saturated rings. The maximum absolute atomic E-state index is 14.8. The van der Waals surface area contributed by atoms with Crippen molar-refractivity contribution in [2.75, 3.05) is 64.3 Å². The van der Waals surface area contributed by atoms with Crippen molar-refractivity contribution < 1.29 is 15.3 Å². The number of anilines is 2. The number of methoxy groups -OCH3 is 1. The molecule has 186 valence electrons. The molecule has 34 heavy (non-hydrogen) atoms. The third kappa shape index (κ3) is 5.77.